The van der Waals surface area contributed by atoms with Crippen LogP contribution in [0.2, 0.25) is 0 Å². The zero-order valence-electron chi connectivity index (χ0n) is 15.6. The molecule has 3 rings (SSSR count). The predicted molar refractivity (Wildman–Crippen MR) is 105 cm³/mol. The van der Waals surface area contributed by atoms with Crippen molar-refractivity contribution in [3.63, 3.8) is 0 Å². The van der Waals surface area contributed by atoms with Crippen molar-refractivity contribution < 1.29 is 9.53 Å². The van der Waals surface area contributed by atoms with E-state index in [4.69, 9.17) is 4.74 Å². The Labute approximate surface area is 157 Å². The van der Waals surface area contributed by atoms with Gasteiger partial charge >= 0.3 is 5.97 Å². The Morgan fingerprint density at radius 1 is 1.04 bits per heavy atom. The van der Waals surface area contributed by atoms with Gasteiger partial charge in [-0.25, -0.2) is 0 Å². The second-order valence-electron chi connectivity index (χ2n) is 7.07. The van der Waals surface area contributed by atoms with Crippen LogP contribution in [0.5, 0.6) is 0 Å². The maximum Gasteiger partial charge on any atom is 0.310 e. The number of hydrogen-bond acceptors (Lipinski definition) is 3. The van der Waals surface area contributed by atoms with E-state index in [1.54, 1.807) is 0 Å². The molecule has 0 bridgehead atoms. The summed E-state index contributed by atoms with van der Waals surface area (Å²) in [6.07, 6.45) is 4.18. The van der Waals surface area contributed by atoms with Crippen LogP contribution in [0.15, 0.2) is 60.7 Å². The standard InChI is InChI=1S/C23H29NO2/c1-2-26-23(25)21(17-19-11-5-3-6-12-19)22-15-9-10-16-24(22)18-20-13-7-4-8-14-20/h3-8,11-14,21-22H,2,9-10,15-18H2,1H3/t21-,22-/m0/s1. The van der Waals surface area contributed by atoms with Crippen LogP contribution in [0.25, 0.3) is 0 Å². The van der Waals surface area contributed by atoms with Crippen molar-refractivity contribution in [3.05, 3.63) is 71.8 Å². The van der Waals surface area contributed by atoms with Crippen LogP contribution < -0.4 is 0 Å². The van der Waals surface area contributed by atoms with Crippen LogP contribution in [0.4, 0.5) is 0 Å². The number of esters is 1. The van der Waals surface area contributed by atoms with Gasteiger partial charge in [-0.05, 0) is 43.9 Å². The monoisotopic (exact) mass is 351 g/mol. The lowest BCUT2D eigenvalue weighted by atomic mass is 9.85. The number of carbonyl (C=O) groups is 1. The number of likely N-dealkylation sites (tertiary alicyclic amines) is 1. The van der Waals surface area contributed by atoms with E-state index in [1.807, 2.05) is 31.2 Å². The van der Waals surface area contributed by atoms with Gasteiger partial charge in [0.2, 0.25) is 0 Å². The number of benzene rings is 2. The summed E-state index contributed by atoms with van der Waals surface area (Å²) in [5.41, 5.74) is 2.51. The largest absolute Gasteiger partial charge is 0.466 e. The van der Waals surface area contributed by atoms with Gasteiger partial charge in [-0.1, -0.05) is 67.1 Å². The second kappa shape index (κ2) is 9.54. The third kappa shape index (κ3) is 4.95. The van der Waals surface area contributed by atoms with Crippen LogP contribution in [0, 0.1) is 5.92 Å². The molecule has 0 amide bonds. The molecule has 0 aromatic heterocycles. The fraction of sp³-hybridized carbons (Fsp3) is 0.435. The highest BCUT2D eigenvalue weighted by Gasteiger charge is 2.35. The van der Waals surface area contributed by atoms with Gasteiger partial charge in [0.25, 0.3) is 0 Å². The number of carbonyl (C=O) groups excluding carboxylic acids is 1. The lowest BCUT2D eigenvalue weighted by Crippen LogP contribution is -2.47. The fourth-order valence-corrected chi connectivity index (χ4v) is 3.98. The van der Waals surface area contributed by atoms with Gasteiger partial charge in [0, 0.05) is 12.6 Å². The van der Waals surface area contributed by atoms with Gasteiger partial charge in [0.1, 0.15) is 0 Å². The van der Waals surface area contributed by atoms with Gasteiger partial charge in [0.15, 0.2) is 0 Å². The molecule has 1 heterocycles. The molecule has 0 saturated carbocycles. The van der Waals surface area contributed by atoms with Crippen LogP contribution in [0.1, 0.15) is 37.3 Å². The van der Waals surface area contributed by atoms with Crippen molar-refractivity contribution >= 4 is 5.97 Å². The highest BCUT2D eigenvalue weighted by Crippen LogP contribution is 2.28. The van der Waals surface area contributed by atoms with Crippen LogP contribution in [-0.4, -0.2) is 30.1 Å². The predicted octanol–water partition coefficient (Wildman–Crippen LogP) is 4.46. The SMILES string of the molecule is CCOC(=O)[C@@H](Cc1ccccc1)[C@@H]1CCCCN1Cc1ccccc1. The van der Waals surface area contributed by atoms with Gasteiger partial charge in [-0.3, -0.25) is 9.69 Å². The molecule has 2 atom stereocenters. The summed E-state index contributed by atoms with van der Waals surface area (Å²) in [5, 5.41) is 0. The molecule has 138 valence electrons. The average molecular weight is 351 g/mol. The van der Waals surface area contributed by atoms with Crippen molar-refractivity contribution in [2.24, 2.45) is 5.92 Å². The number of hydrogen-bond donors (Lipinski definition) is 0. The van der Waals surface area contributed by atoms with Gasteiger partial charge in [0.05, 0.1) is 12.5 Å². The summed E-state index contributed by atoms with van der Waals surface area (Å²) in [6.45, 7) is 4.27. The first-order chi connectivity index (χ1) is 12.8. The summed E-state index contributed by atoms with van der Waals surface area (Å²) < 4.78 is 5.46. The molecular formula is C23H29NO2. The quantitative estimate of drug-likeness (QED) is 0.690. The van der Waals surface area contributed by atoms with E-state index in [1.165, 1.54) is 24.0 Å². The molecule has 1 aliphatic heterocycles. The Morgan fingerprint density at radius 3 is 2.35 bits per heavy atom. The Balaban J connectivity index is 1.80. The van der Waals surface area contributed by atoms with Crippen molar-refractivity contribution in [2.75, 3.05) is 13.2 Å². The van der Waals surface area contributed by atoms with Crippen molar-refractivity contribution in [1.82, 2.24) is 4.90 Å². The molecule has 0 unspecified atom stereocenters. The molecule has 0 spiro atoms. The fourth-order valence-electron chi connectivity index (χ4n) is 3.98. The molecule has 0 radical (unpaired) electrons. The summed E-state index contributed by atoms with van der Waals surface area (Å²) in [5.74, 6) is -0.164. The Bertz CT molecular complexity index is 671. The first-order valence-electron chi connectivity index (χ1n) is 9.76. The maximum atomic E-state index is 12.8. The smallest absolute Gasteiger partial charge is 0.310 e. The summed E-state index contributed by atoms with van der Waals surface area (Å²) in [7, 11) is 0. The highest BCUT2D eigenvalue weighted by atomic mass is 16.5. The van der Waals surface area contributed by atoms with Gasteiger partial charge < -0.3 is 4.74 Å². The minimum absolute atomic E-state index is 0.0543. The minimum Gasteiger partial charge on any atom is -0.466 e. The molecular weight excluding hydrogens is 322 g/mol. The highest BCUT2D eigenvalue weighted by molar-refractivity contribution is 5.73. The van der Waals surface area contributed by atoms with E-state index in [9.17, 15) is 4.79 Å². The topological polar surface area (TPSA) is 29.5 Å². The summed E-state index contributed by atoms with van der Waals surface area (Å²) >= 11 is 0. The van der Waals surface area contributed by atoms with Crippen molar-refractivity contribution in [3.8, 4) is 0 Å². The zero-order chi connectivity index (χ0) is 18.2. The minimum atomic E-state index is -0.110. The van der Waals surface area contributed by atoms with E-state index in [-0.39, 0.29) is 17.9 Å². The number of ether oxygens (including phenoxy) is 1. The molecule has 2 aromatic rings. The molecule has 2 aromatic carbocycles. The number of nitrogens with zero attached hydrogens (tertiary/aromatic N) is 1. The van der Waals surface area contributed by atoms with E-state index >= 15 is 0 Å². The third-order valence-electron chi connectivity index (χ3n) is 5.24. The molecule has 26 heavy (non-hydrogen) atoms. The lowest BCUT2D eigenvalue weighted by Gasteiger charge is -2.39. The van der Waals surface area contributed by atoms with E-state index < -0.39 is 0 Å². The molecule has 0 aliphatic carbocycles. The first-order valence-corrected chi connectivity index (χ1v) is 9.76. The summed E-state index contributed by atoms with van der Waals surface area (Å²) in [6, 6.07) is 21.1. The molecule has 1 fully saturated rings. The van der Waals surface area contributed by atoms with E-state index in [2.05, 4.69) is 41.3 Å². The maximum absolute atomic E-state index is 12.8. The van der Waals surface area contributed by atoms with Crippen molar-refractivity contribution in [2.45, 2.75) is 45.2 Å². The van der Waals surface area contributed by atoms with Crippen LogP contribution >= 0.6 is 0 Å². The van der Waals surface area contributed by atoms with Crippen LogP contribution in [0.3, 0.4) is 0 Å². The molecule has 3 heteroatoms. The van der Waals surface area contributed by atoms with E-state index in [0.29, 0.717) is 6.61 Å². The normalized spacial score (nSPS) is 19.0. The summed E-state index contributed by atoms with van der Waals surface area (Å²) in [4.78, 5) is 15.3. The van der Waals surface area contributed by atoms with Crippen molar-refractivity contribution in [1.29, 1.82) is 0 Å². The Kier molecular flexibility index (Phi) is 6.84. The van der Waals surface area contributed by atoms with Gasteiger partial charge in [-0.15, -0.1) is 0 Å². The zero-order valence-corrected chi connectivity index (χ0v) is 15.6. The molecule has 1 aliphatic rings. The van der Waals surface area contributed by atoms with Crippen LogP contribution in [-0.2, 0) is 22.5 Å². The second-order valence-corrected chi connectivity index (χ2v) is 7.07. The third-order valence-corrected chi connectivity index (χ3v) is 5.24. The number of rotatable bonds is 7. The molecule has 0 N–H and O–H groups in total. The Hall–Kier alpha value is -2.13. The Morgan fingerprint density at radius 2 is 1.69 bits per heavy atom. The van der Waals surface area contributed by atoms with Gasteiger partial charge in [-0.2, -0.15) is 0 Å². The van der Waals surface area contributed by atoms with E-state index in [0.717, 1.165) is 25.9 Å². The lowest BCUT2D eigenvalue weighted by molar-refractivity contribution is -0.151. The molecule has 1 saturated heterocycles. The molecule has 3 nitrogen and oxygen atoms in total. The first kappa shape index (κ1) is 18.7. The average Bonchev–Trinajstić information content (AvgIpc) is 2.68. The number of piperidine rings is 1.